The van der Waals surface area contributed by atoms with Crippen LogP contribution in [0.3, 0.4) is 0 Å². The molecule has 2 N–H and O–H groups in total. The third-order valence-corrected chi connectivity index (χ3v) is 5.38. The van der Waals surface area contributed by atoms with Gasteiger partial charge in [0.25, 0.3) is 0 Å². The van der Waals surface area contributed by atoms with Gasteiger partial charge in [-0.15, -0.1) is 0 Å². The number of amides is 1. The molecule has 9 heteroatoms. The summed E-state index contributed by atoms with van der Waals surface area (Å²) in [6.07, 6.45) is 3.21. The largest absolute Gasteiger partial charge is 0.351 e. The molecule has 128 valence electrons. The second-order valence-electron chi connectivity index (χ2n) is 4.99. The highest BCUT2D eigenvalue weighted by atomic mass is 35.5. The Morgan fingerprint density at radius 3 is 2.54 bits per heavy atom. The second-order valence-corrected chi connectivity index (χ2v) is 7.52. The van der Waals surface area contributed by atoms with E-state index < -0.39 is 22.0 Å². The lowest BCUT2D eigenvalue weighted by atomic mass is 10.2. The van der Waals surface area contributed by atoms with Gasteiger partial charge in [0, 0.05) is 24.0 Å². The van der Waals surface area contributed by atoms with Crippen molar-refractivity contribution in [3.8, 4) is 0 Å². The fourth-order valence-electron chi connectivity index (χ4n) is 1.88. The lowest BCUT2D eigenvalue weighted by Crippen LogP contribution is -2.44. The molecule has 1 atom stereocenters. The normalized spacial score (nSPS) is 12.6. The summed E-state index contributed by atoms with van der Waals surface area (Å²) >= 11 is 11.7. The number of rotatable bonds is 6. The Labute approximate surface area is 150 Å². The van der Waals surface area contributed by atoms with Gasteiger partial charge in [-0.2, -0.15) is 4.72 Å². The lowest BCUT2D eigenvalue weighted by molar-refractivity contribution is -0.122. The van der Waals surface area contributed by atoms with Crippen molar-refractivity contribution in [1.29, 1.82) is 0 Å². The SMILES string of the molecule is C[C@@H](NS(=O)(=O)c1cc(Cl)ccc1Cl)C(=O)NCc1ccncc1. The summed E-state index contributed by atoms with van der Waals surface area (Å²) in [6.45, 7) is 1.71. The van der Waals surface area contributed by atoms with Gasteiger partial charge < -0.3 is 5.32 Å². The second kappa shape index (κ2) is 7.94. The van der Waals surface area contributed by atoms with Crippen LogP contribution >= 0.6 is 23.2 Å². The summed E-state index contributed by atoms with van der Waals surface area (Å²) < 4.78 is 27.0. The minimum absolute atomic E-state index is 0.0243. The number of hydrogen-bond donors (Lipinski definition) is 2. The zero-order valence-electron chi connectivity index (χ0n) is 12.7. The molecule has 0 radical (unpaired) electrons. The molecule has 0 spiro atoms. The Morgan fingerprint density at radius 1 is 1.21 bits per heavy atom. The van der Waals surface area contributed by atoms with Crippen LogP contribution in [0.1, 0.15) is 12.5 Å². The highest BCUT2D eigenvalue weighted by Crippen LogP contribution is 2.24. The van der Waals surface area contributed by atoms with Crippen molar-refractivity contribution in [3.63, 3.8) is 0 Å². The van der Waals surface area contributed by atoms with E-state index in [-0.39, 0.29) is 21.5 Å². The Hall–Kier alpha value is -1.67. The maximum absolute atomic E-state index is 12.4. The summed E-state index contributed by atoms with van der Waals surface area (Å²) in [6, 6.07) is 6.61. The van der Waals surface area contributed by atoms with E-state index in [2.05, 4.69) is 15.0 Å². The van der Waals surface area contributed by atoms with Gasteiger partial charge in [0.1, 0.15) is 4.90 Å². The highest BCUT2D eigenvalue weighted by molar-refractivity contribution is 7.89. The molecule has 2 aromatic rings. The lowest BCUT2D eigenvalue weighted by Gasteiger charge is -2.15. The van der Waals surface area contributed by atoms with Crippen LogP contribution in [-0.2, 0) is 21.4 Å². The van der Waals surface area contributed by atoms with Crippen molar-refractivity contribution in [3.05, 3.63) is 58.3 Å². The van der Waals surface area contributed by atoms with E-state index in [1.807, 2.05) is 0 Å². The van der Waals surface area contributed by atoms with Crippen molar-refractivity contribution < 1.29 is 13.2 Å². The van der Waals surface area contributed by atoms with Crippen molar-refractivity contribution in [1.82, 2.24) is 15.0 Å². The number of hydrogen-bond acceptors (Lipinski definition) is 4. The number of sulfonamides is 1. The molecule has 0 bridgehead atoms. The maximum Gasteiger partial charge on any atom is 0.242 e. The summed E-state index contributed by atoms with van der Waals surface area (Å²) in [5, 5.41) is 2.90. The average molecular weight is 388 g/mol. The predicted molar refractivity (Wildman–Crippen MR) is 92.3 cm³/mol. The highest BCUT2D eigenvalue weighted by Gasteiger charge is 2.24. The van der Waals surface area contributed by atoms with Crippen LogP contribution in [0.15, 0.2) is 47.6 Å². The molecule has 1 amide bonds. The predicted octanol–water partition coefficient (Wildman–Crippen LogP) is 2.37. The molecule has 6 nitrogen and oxygen atoms in total. The van der Waals surface area contributed by atoms with Crippen LogP contribution in [-0.4, -0.2) is 25.4 Å². The first-order valence-corrected chi connectivity index (χ1v) is 9.17. The summed E-state index contributed by atoms with van der Waals surface area (Å²) in [4.78, 5) is 15.8. The first kappa shape index (κ1) is 18.7. The number of carbonyl (C=O) groups is 1. The van der Waals surface area contributed by atoms with Gasteiger partial charge in [0.15, 0.2) is 0 Å². The molecule has 0 unspecified atom stereocenters. The number of nitrogens with one attached hydrogen (secondary N) is 2. The number of nitrogens with zero attached hydrogens (tertiary/aromatic N) is 1. The molecule has 0 aliphatic carbocycles. The van der Waals surface area contributed by atoms with Crippen LogP contribution in [0.4, 0.5) is 0 Å². The number of pyridine rings is 1. The van der Waals surface area contributed by atoms with Crippen LogP contribution in [0, 0.1) is 0 Å². The van der Waals surface area contributed by atoms with E-state index in [9.17, 15) is 13.2 Å². The molecular formula is C15H15Cl2N3O3S. The van der Waals surface area contributed by atoms with Crippen molar-refractivity contribution in [2.45, 2.75) is 24.4 Å². The Balaban J connectivity index is 2.03. The molecular weight excluding hydrogens is 373 g/mol. The topological polar surface area (TPSA) is 88.2 Å². The molecule has 0 saturated heterocycles. The number of aromatic nitrogens is 1. The Bertz CT molecular complexity index is 829. The van der Waals surface area contributed by atoms with Crippen molar-refractivity contribution in [2.75, 3.05) is 0 Å². The minimum atomic E-state index is -3.98. The summed E-state index contributed by atoms with van der Waals surface area (Å²) in [5.41, 5.74) is 0.853. The number of carbonyl (C=O) groups excluding carboxylic acids is 1. The standard InChI is InChI=1S/C15H15Cl2N3O3S/c1-10(15(21)19-9-11-4-6-18-7-5-11)20-24(22,23)14-8-12(16)2-3-13(14)17/h2-8,10,20H,9H2,1H3,(H,19,21)/t10-/m1/s1. The fourth-order valence-corrected chi connectivity index (χ4v) is 3.84. The molecule has 0 aliphatic rings. The van der Waals surface area contributed by atoms with Crippen LogP contribution in [0.5, 0.6) is 0 Å². The average Bonchev–Trinajstić information content (AvgIpc) is 2.55. The Kier molecular flexibility index (Phi) is 6.17. The zero-order valence-corrected chi connectivity index (χ0v) is 15.0. The quantitative estimate of drug-likeness (QED) is 0.795. The zero-order chi connectivity index (χ0) is 17.7. The van der Waals surface area contributed by atoms with Crippen LogP contribution in [0.25, 0.3) is 0 Å². The monoisotopic (exact) mass is 387 g/mol. The molecule has 1 aromatic carbocycles. The molecule has 24 heavy (non-hydrogen) atoms. The van der Waals surface area contributed by atoms with E-state index in [1.165, 1.54) is 25.1 Å². The fraction of sp³-hybridized carbons (Fsp3) is 0.200. The van der Waals surface area contributed by atoms with E-state index >= 15 is 0 Å². The van der Waals surface area contributed by atoms with Crippen LogP contribution in [0.2, 0.25) is 10.0 Å². The summed E-state index contributed by atoms with van der Waals surface area (Å²) in [5.74, 6) is -0.464. The third-order valence-electron chi connectivity index (χ3n) is 3.12. The summed E-state index contributed by atoms with van der Waals surface area (Å²) in [7, 11) is -3.98. The molecule has 0 fully saturated rings. The first-order chi connectivity index (χ1) is 11.3. The van der Waals surface area contributed by atoms with Gasteiger partial charge in [-0.05, 0) is 42.8 Å². The minimum Gasteiger partial charge on any atom is -0.351 e. The molecule has 0 aliphatic heterocycles. The van der Waals surface area contributed by atoms with Gasteiger partial charge in [-0.3, -0.25) is 9.78 Å². The van der Waals surface area contributed by atoms with Gasteiger partial charge in [-0.25, -0.2) is 8.42 Å². The van der Waals surface area contributed by atoms with Crippen molar-refractivity contribution in [2.24, 2.45) is 0 Å². The van der Waals surface area contributed by atoms with Crippen LogP contribution < -0.4 is 10.0 Å². The molecule has 2 rings (SSSR count). The van der Waals surface area contributed by atoms with Gasteiger partial charge in [0.05, 0.1) is 11.1 Å². The number of halogens is 2. The van der Waals surface area contributed by atoms with Gasteiger partial charge in [-0.1, -0.05) is 23.2 Å². The first-order valence-electron chi connectivity index (χ1n) is 6.93. The number of benzene rings is 1. The molecule has 0 saturated carbocycles. The van der Waals surface area contributed by atoms with E-state index in [0.717, 1.165) is 5.56 Å². The van der Waals surface area contributed by atoms with E-state index in [1.54, 1.807) is 24.5 Å². The van der Waals surface area contributed by atoms with E-state index in [4.69, 9.17) is 23.2 Å². The van der Waals surface area contributed by atoms with E-state index in [0.29, 0.717) is 0 Å². The molecule has 1 heterocycles. The smallest absolute Gasteiger partial charge is 0.242 e. The Morgan fingerprint density at radius 2 is 1.88 bits per heavy atom. The maximum atomic E-state index is 12.4. The third kappa shape index (κ3) is 4.91. The van der Waals surface area contributed by atoms with Gasteiger partial charge >= 0.3 is 0 Å². The van der Waals surface area contributed by atoms with Gasteiger partial charge in [0.2, 0.25) is 15.9 Å². The van der Waals surface area contributed by atoms with Crippen molar-refractivity contribution >= 4 is 39.1 Å². The molecule has 1 aromatic heterocycles.